The van der Waals surface area contributed by atoms with Crippen LogP contribution in [-0.4, -0.2) is 15.9 Å². The van der Waals surface area contributed by atoms with E-state index < -0.39 is 0 Å². The highest BCUT2D eigenvalue weighted by atomic mass is 79.9. The van der Waals surface area contributed by atoms with Gasteiger partial charge in [-0.25, -0.2) is 0 Å². The first-order chi connectivity index (χ1) is 17.6. The maximum absolute atomic E-state index is 12.9. The Morgan fingerprint density at radius 1 is 0.806 bits per heavy atom. The Hall–Kier alpha value is -0.750. The molecule has 5 heteroatoms. The molecule has 0 N–H and O–H groups in total. The first-order valence-electron chi connectivity index (χ1n) is 13.7. The second-order valence-electron chi connectivity index (χ2n) is 10.0. The zero-order valence-corrected chi connectivity index (χ0v) is 26.2. The van der Waals surface area contributed by atoms with E-state index in [4.69, 9.17) is 0 Å². The lowest BCUT2D eigenvalue weighted by atomic mass is 10.0. The van der Waals surface area contributed by atoms with E-state index >= 15 is 0 Å². The predicted molar refractivity (Wildman–Crippen MR) is 170 cm³/mol. The number of hydrogen-bond acceptors (Lipinski definition) is 3. The van der Waals surface area contributed by atoms with Gasteiger partial charge >= 0.3 is 0 Å². The lowest BCUT2D eigenvalue weighted by molar-refractivity contribution is 0.0979. The first kappa shape index (κ1) is 28.3. The Bertz CT molecular complexity index is 1270. The molecular weight excluding hydrogens is 612 g/mol. The van der Waals surface area contributed by atoms with Crippen LogP contribution in [0.2, 0.25) is 0 Å². The summed E-state index contributed by atoms with van der Waals surface area (Å²) in [7, 11) is 0. The van der Waals surface area contributed by atoms with Crippen molar-refractivity contribution >= 4 is 89.9 Å². The molecule has 0 aliphatic rings. The molecule has 1 atom stereocenters. The fourth-order valence-electron chi connectivity index (χ4n) is 4.97. The summed E-state index contributed by atoms with van der Waals surface area (Å²) in [5.41, 5.74) is 2.35. The maximum Gasteiger partial charge on any atom is 0.162 e. The smallest absolute Gasteiger partial charge is 0.162 e. The number of unbranched alkanes of at least 4 members (excludes halogenated alkanes) is 8. The van der Waals surface area contributed by atoms with Gasteiger partial charge in [-0.05, 0) is 43.4 Å². The SMILES string of the molecule is CCCCCCc1ccc2c(c1)sc1c3ccc(C(=O)CCCCCCCCC(Br)CBr)cc3sc21. The molecule has 2 aromatic heterocycles. The predicted octanol–water partition coefficient (Wildman–Crippen LogP) is 11.9. The van der Waals surface area contributed by atoms with Crippen LogP contribution in [0.1, 0.15) is 99.9 Å². The number of rotatable bonds is 16. The third kappa shape index (κ3) is 7.42. The number of hydrogen-bond donors (Lipinski definition) is 0. The summed E-state index contributed by atoms with van der Waals surface area (Å²) in [4.78, 5) is 13.5. The van der Waals surface area contributed by atoms with E-state index in [0.29, 0.717) is 17.0 Å². The van der Waals surface area contributed by atoms with Crippen molar-refractivity contribution in [1.29, 1.82) is 0 Å². The number of alkyl halides is 2. The molecule has 1 unspecified atom stereocenters. The Morgan fingerprint density at radius 2 is 1.44 bits per heavy atom. The number of halogens is 2. The number of benzene rings is 2. The van der Waals surface area contributed by atoms with Gasteiger partial charge in [-0.2, -0.15) is 0 Å². The Labute approximate surface area is 241 Å². The minimum atomic E-state index is 0.297. The quantitative estimate of drug-likeness (QED) is 0.0670. The zero-order chi connectivity index (χ0) is 25.3. The van der Waals surface area contributed by atoms with E-state index in [1.807, 2.05) is 22.7 Å². The zero-order valence-electron chi connectivity index (χ0n) is 21.4. The topological polar surface area (TPSA) is 17.1 Å². The number of ketones is 1. The molecule has 2 aromatic carbocycles. The van der Waals surface area contributed by atoms with Gasteiger partial charge in [0.1, 0.15) is 0 Å². The summed E-state index contributed by atoms with van der Waals surface area (Å²) < 4.78 is 5.42. The van der Waals surface area contributed by atoms with E-state index in [0.717, 1.165) is 23.7 Å². The molecule has 0 aliphatic heterocycles. The van der Waals surface area contributed by atoms with Crippen molar-refractivity contribution in [2.24, 2.45) is 0 Å². The van der Waals surface area contributed by atoms with Gasteiger partial charge in [-0.1, -0.05) is 114 Å². The van der Waals surface area contributed by atoms with Gasteiger partial charge in [0, 0.05) is 42.3 Å². The highest BCUT2D eigenvalue weighted by Crippen LogP contribution is 2.44. The van der Waals surface area contributed by atoms with Crippen molar-refractivity contribution in [3.8, 4) is 0 Å². The van der Waals surface area contributed by atoms with Crippen LogP contribution in [-0.2, 0) is 6.42 Å². The van der Waals surface area contributed by atoms with Crippen molar-refractivity contribution in [3.05, 3.63) is 47.5 Å². The summed E-state index contributed by atoms with van der Waals surface area (Å²) in [5, 5.41) is 3.71. The number of carbonyl (C=O) groups is 1. The standard InChI is InChI=1S/C31H38Br2OS2/c1-2-3-4-9-12-22-15-17-25-28(19-22)35-31-26-18-16-23(20-29(26)36-30(25)31)27(34)14-11-8-6-5-7-10-13-24(33)21-32/h15-20,24H,2-14,21H2,1H3. The van der Waals surface area contributed by atoms with Gasteiger partial charge in [-0.15, -0.1) is 22.7 Å². The fraction of sp³-hybridized carbons (Fsp3) is 0.516. The van der Waals surface area contributed by atoms with Crippen molar-refractivity contribution in [3.63, 3.8) is 0 Å². The Morgan fingerprint density at radius 3 is 2.17 bits per heavy atom. The van der Waals surface area contributed by atoms with Gasteiger partial charge < -0.3 is 0 Å². The number of Topliss-reactive ketones (excluding diaryl/α,β-unsaturated/α-hetero) is 1. The Kier molecular flexibility index (Phi) is 11.3. The van der Waals surface area contributed by atoms with Gasteiger partial charge in [0.05, 0.1) is 9.40 Å². The lowest BCUT2D eigenvalue weighted by Crippen LogP contribution is -1.99. The molecular formula is C31H38Br2OS2. The molecule has 4 aromatic rings. The van der Waals surface area contributed by atoms with E-state index in [1.165, 1.54) is 99.3 Å². The monoisotopic (exact) mass is 648 g/mol. The van der Waals surface area contributed by atoms with E-state index in [-0.39, 0.29) is 0 Å². The molecule has 0 fully saturated rings. The van der Waals surface area contributed by atoms with Crippen LogP contribution in [0.25, 0.3) is 29.6 Å². The largest absolute Gasteiger partial charge is 0.294 e. The molecule has 36 heavy (non-hydrogen) atoms. The molecule has 0 bridgehead atoms. The second kappa shape index (κ2) is 14.4. The molecule has 0 saturated carbocycles. The van der Waals surface area contributed by atoms with Crippen LogP contribution >= 0.6 is 54.5 Å². The fourth-order valence-corrected chi connectivity index (χ4v) is 8.37. The molecule has 0 spiro atoms. The molecule has 194 valence electrons. The van der Waals surface area contributed by atoms with Crippen LogP contribution in [0.4, 0.5) is 0 Å². The van der Waals surface area contributed by atoms with Gasteiger partial charge in [0.15, 0.2) is 5.78 Å². The second-order valence-corrected chi connectivity index (χ2v) is 14.1. The van der Waals surface area contributed by atoms with Gasteiger partial charge in [-0.3, -0.25) is 4.79 Å². The minimum absolute atomic E-state index is 0.297. The minimum Gasteiger partial charge on any atom is -0.294 e. The van der Waals surface area contributed by atoms with E-state index in [9.17, 15) is 4.79 Å². The number of thiophene rings is 2. The van der Waals surface area contributed by atoms with Gasteiger partial charge in [0.2, 0.25) is 0 Å². The summed E-state index contributed by atoms with van der Waals surface area (Å²) in [6.07, 6.45) is 15.6. The first-order valence-corrected chi connectivity index (χ1v) is 17.4. The van der Waals surface area contributed by atoms with Crippen molar-refractivity contribution < 1.29 is 4.79 Å². The molecule has 4 rings (SSSR count). The van der Waals surface area contributed by atoms with Crippen LogP contribution < -0.4 is 0 Å². The molecule has 0 saturated heterocycles. The highest BCUT2D eigenvalue weighted by Gasteiger charge is 2.14. The lowest BCUT2D eigenvalue weighted by Gasteiger charge is -2.05. The summed E-state index contributed by atoms with van der Waals surface area (Å²) in [5.74, 6) is 0.297. The molecule has 1 nitrogen and oxygen atoms in total. The maximum atomic E-state index is 12.9. The van der Waals surface area contributed by atoms with E-state index in [1.54, 1.807) is 0 Å². The van der Waals surface area contributed by atoms with Crippen molar-refractivity contribution in [2.45, 2.75) is 95.2 Å². The third-order valence-electron chi connectivity index (χ3n) is 7.13. The van der Waals surface area contributed by atoms with Crippen LogP contribution in [0.15, 0.2) is 36.4 Å². The van der Waals surface area contributed by atoms with Crippen LogP contribution in [0.3, 0.4) is 0 Å². The van der Waals surface area contributed by atoms with Crippen LogP contribution in [0.5, 0.6) is 0 Å². The number of aryl methyl sites for hydroxylation is 1. The number of fused-ring (bicyclic) bond motifs is 5. The average Bonchev–Trinajstić information content (AvgIpc) is 3.42. The van der Waals surface area contributed by atoms with Gasteiger partial charge in [0.25, 0.3) is 0 Å². The van der Waals surface area contributed by atoms with Crippen molar-refractivity contribution in [2.75, 3.05) is 5.33 Å². The highest BCUT2D eigenvalue weighted by molar-refractivity contribution is 9.12. The number of carbonyl (C=O) groups excluding carboxylic acids is 1. The molecule has 0 amide bonds. The average molecular weight is 651 g/mol. The van der Waals surface area contributed by atoms with E-state index in [2.05, 4.69) is 75.2 Å². The molecule has 0 aliphatic carbocycles. The summed E-state index contributed by atoms with van der Waals surface area (Å²) in [6.45, 7) is 2.27. The van der Waals surface area contributed by atoms with Crippen molar-refractivity contribution in [1.82, 2.24) is 0 Å². The normalized spacial score (nSPS) is 12.8. The molecule has 2 heterocycles. The molecule has 0 radical (unpaired) electrons. The Balaban J connectivity index is 1.32. The summed E-state index contributed by atoms with van der Waals surface area (Å²) >= 11 is 11.0. The van der Waals surface area contributed by atoms with Crippen LogP contribution in [0, 0.1) is 0 Å². The summed E-state index contributed by atoms with van der Waals surface area (Å²) in [6, 6.07) is 13.4. The third-order valence-corrected chi connectivity index (χ3v) is 12.1.